The lowest BCUT2D eigenvalue weighted by Crippen LogP contribution is -2.16. The molecule has 0 aliphatic rings. The number of nitrogens with one attached hydrogen (secondary N) is 2. The zero-order chi connectivity index (χ0) is 14.8. The first kappa shape index (κ1) is 14.9. The molecule has 0 aliphatic carbocycles. The third kappa shape index (κ3) is 3.33. The molecule has 1 unspecified atom stereocenters. The van der Waals surface area contributed by atoms with E-state index in [0.29, 0.717) is 16.7 Å². The van der Waals surface area contributed by atoms with Crippen LogP contribution in [0.1, 0.15) is 30.8 Å². The molecule has 0 radical (unpaired) electrons. The average Bonchev–Trinajstić information content (AvgIpc) is 2.90. The van der Waals surface area contributed by atoms with Gasteiger partial charge in [0.2, 0.25) is 0 Å². The molecule has 2 N–H and O–H groups in total. The van der Waals surface area contributed by atoms with Crippen molar-refractivity contribution in [2.24, 2.45) is 0 Å². The van der Waals surface area contributed by atoms with Gasteiger partial charge >= 0.3 is 6.18 Å². The molecule has 1 aromatic carbocycles. The van der Waals surface area contributed by atoms with Gasteiger partial charge in [-0.1, -0.05) is 22.9 Å². The number of halogens is 4. The quantitative estimate of drug-likeness (QED) is 0.837. The predicted octanol–water partition coefficient (Wildman–Crippen LogP) is 4.75. The molecule has 1 atom stereocenters. The fraction of sp³-hybridized carbons (Fsp3) is 0.308. The van der Waals surface area contributed by atoms with Gasteiger partial charge < -0.3 is 10.3 Å². The van der Waals surface area contributed by atoms with Crippen LogP contribution in [0.2, 0.25) is 0 Å². The lowest BCUT2D eigenvalue weighted by molar-refractivity contribution is -0.137. The van der Waals surface area contributed by atoms with E-state index >= 15 is 0 Å². The van der Waals surface area contributed by atoms with Crippen molar-refractivity contribution in [3.05, 3.63) is 46.5 Å². The lowest BCUT2D eigenvalue weighted by Gasteiger charge is -2.20. The average molecular weight is 348 g/mol. The Labute approximate surface area is 122 Å². The molecule has 0 saturated carbocycles. The van der Waals surface area contributed by atoms with Crippen LogP contribution in [0, 0.1) is 0 Å². The Bertz CT molecular complexity index is 567. The van der Waals surface area contributed by atoms with Gasteiger partial charge in [0.1, 0.15) is 5.82 Å². The Morgan fingerprint density at radius 3 is 2.70 bits per heavy atom. The third-order valence-corrected chi connectivity index (χ3v) is 3.37. The van der Waals surface area contributed by atoms with Gasteiger partial charge in [0.05, 0.1) is 11.6 Å². The summed E-state index contributed by atoms with van der Waals surface area (Å²) in [5.41, 5.74) is -0.652. The minimum Gasteiger partial charge on any atom is -0.375 e. The zero-order valence-corrected chi connectivity index (χ0v) is 12.2. The van der Waals surface area contributed by atoms with Gasteiger partial charge in [-0.25, -0.2) is 4.98 Å². The van der Waals surface area contributed by atoms with Crippen molar-refractivity contribution < 1.29 is 13.2 Å². The number of rotatable bonds is 4. The standard InChI is InChI=1S/C13H13BrF3N3/c1-2-10(12-18-5-6-19-12)20-11-4-3-8(14)7-9(11)13(15,16)17/h3-7,10,20H,2H2,1H3,(H,18,19). The summed E-state index contributed by atoms with van der Waals surface area (Å²) in [4.78, 5) is 7.00. The van der Waals surface area contributed by atoms with Gasteiger partial charge in [0, 0.05) is 22.6 Å². The summed E-state index contributed by atoms with van der Waals surface area (Å²) in [5.74, 6) is 0.614. The fourth-order valence-corrected chi connectivity index (χ4v) is 2.26. The molecule has 2 aromatic rings. The molecule has 0 aliphatic heterocycles. The van der Waals surface area contributed by atoms with E-state index in [-0.39, 0.29) is 11.7 Å². The van der Waals surface area contributed by atoms with Crippen LogP contribution in [0.25, 0.3) is 0 Å². The molecule has 2 rings (SSSR count). The number of nitrogens with zero attached hydrogens (tertiary/aromatic N) is 1. The van der Waals surface area contributed by atoms with E-state index in [1.165, 1.54) is 6.07 Å². The van der Waals surface area contributed by atoms with Crippen molar-refractivity contribution >= 4 is 21.6 Å². The highest BCUT2D eigenvalue weighted by Crippen LogP contribution is 2.37. The number of hydrogen-bond donors (Lipinski definition) is 2. The molecular formula is C13H13BrF3N3. The van der Waals surface area contributed by atoms with Crippen molar-refractivity contribution in [2.45, 2.75) is 25.6 Å². The molecule has 20 heavy (non-hydrogen) atoms. The summed E-state index contributed by atoms with van der Waals surface area (Å²) in [6.07, 6.45) is -0.577. The van der Waals surface area contributed by atoms with E-state index in [1.807, 2.05) is 6.92 Å². The molecule has 7 heteroatoms. The number of H-pyrrole nitrogens is 1. The molecule has 0 amide bonds. The first-order valence-corrected chi connectivity index (χ1v) is 6.83. The molecule has 1 aromatic heterocycles. The van der Waals surface area contributed by atoms with Crippen molar-refractivity contribution in [1.29, 1.82) is 0 Å². The van der Waals surface area contributed by atoms with E-state index in [9.17, 15) is 13.2 Å². The Hall–Kier alpha value is -1.50. The van der Waals surface area contributed by atoms with E-state index in [2.05, 4.69) is 31.2 Å². The molecular weight excluding hydrogens is 335 g/mol. The topological polar surface area (TPSA) is 40.7 Å². The first-order valence-electron chi connectivity index (χ1n) is 6.04. The second-order valence-corrected chi connectivity index (χ2v) is 5.18. The van der Waals surface area contributed by atoms with Crippen LogP contribution in [0.15, 0.2) is 35.1 Å². The van der Waals surface area contributed by atoms with Crippen LogP contribution in [0.4, 0.5) is 18.9 Å². The monoisotopic (exact) mass is 347 g/mol. The van der Waals surface area contributed by atoms with E-state index in [4.69, 9.17) is 0 Å². The second-order valence-electron chi connectivity index (χ2n) is 4.27. The van der Waals surface area contributed by atoms with Crippen molar-refractivity contribution in [3.63, 3.8) is 0 Å². The van der Waals surface area contributed by atoms with E-state index in [1.54, 1.807) is 18.5 Å². The molecule has 3 nitrogen and oxygen atoms in total. The number of aromatic nitrogens is 2. The Kier molecular flexibility index (Phi) is 4.37. The second kappa shape index (κ2) is 5.87. The number of hydrogen-bond acceptors (Lipinski definition) is 2. The molecule has 108 valence electrons. The highest BCUT2D eigenvalue weighted by molar-refractivity contribution is 9.10. The highest BCUT2D eigenvalue weighted by atomic mass is 79.9. The van der Waals surface area contributed by atoms with Crippen molar-refractivity contribution in [3.8, 4) is 0 Å². The van der Waals surface area contributed by atoms with Gasteiger partial charge in [0.25, 0.3) is 0 Å². The van der Waals surface area contributed by atoms with E-state index < -0.39 is 11.7 Å². The predicted molar refractivity (Wildman–Crippen MR) is 74.4 cm³/mol. The van der Waals surface area contributed by atoms with Gasteiger partial charge in [0.15, 0.2) is 0 Å². The summed E-state index contributed by atoms with van der Waals surface area (Å²) < 4.78 is 39.5. The summed E-state index contributed by atoms with van der Waals surface area (Å²) in [6, 6.07) is 3.76. The first-order chi connectivity index (χ1) is 9.41. The Morgan fingerprint density at radius 2 is 2.15 bits per heavy atom. The maximum absolute atomic E-state index is 13.0. The minimum absolute atomic E-state index is 0.0453. The number of alkyl halides is 3. The maximum Gasteiger partial charge on any atom is 0.418 e. The Morgan fingerprint density at radius 1 is 1.40 bits per heavy atom. The maximum atomic E-state index is 13.0. The van der Waals surface area contributed by atoms with Crippen molar-refractivity contribution in [2.75, 3.05) is 5.32 Å². The number of anilines is 1. The van der Waals surface area contributed by atoms with Gasteiger partial charge in [-0.2, -0.15) is 13.2 Å². The fourth-order valence-electron chi connectivity index (χ4n) is 1.90. The smallest absolute Gasteiger partial charge is 0.375 e. The summed E-state index contributed by atoms with van der Waals surface area (Å²) in [7, 11) is 0. The summed E-state index contributed by atoms with van der Waals surface area (Å²) >= 11 is 3.06. The SMILES string of the molecule is CCC(Nc1ccc(Br)cc1C(F)(F)F)c1ncc[nH]1. The largest absolute Gasteiger partial charge is 0.418 e. The van der Waals surface area contributed by atoms with Crippen molar-refractivity contribution in [1.82, 2.24) is 9.97 Å². The molecule has 0 fully saturated rings. The number of benzene rings is 1. The number of aromatic amines is 1. The minimum atomic E-state index is -4.41. The molecule has 0 bridgehead atoms. The summed E-state index contributed by atoms with van der Waals surface area (Å²) in [5, 5.41) is 2.90. The molecule has 1 heterocycles. The Balaban J connectivity index is 2.33. The van der Waals surface area contributed by atoms with Crippen LogP contribution in [0.5, 0.6) is 0 Å². The molecule has 0 spiro atoms. The third-order valence-electron chi connectivity index (χ3n) is 2.87. The van der Waals surface area contributed by atoms with Crippen LogP contribution in [-0.4, -0.2) is 9.97 Å². The van der Waals surface area contributed by atoms with Crippen LogP contribution in [-0.2, 0) is 6.18 Å². The zero-order valence-electron chi connectivity index (χ0n) is 10.6. The van der Waals surface area contributed by atoms with Gasteiger partial charge in [-0.3, -0.25) is 0 Å². The lowest BCUT2D eigenvalue weighted by atomic mass is 10.1. The van der Waals surface area contributed by atoms with E-state index in [0.717, 1.165) is 6.07 Å². The van der Waals surface area contributed by atoms with Crippen LogP contribution < -0.4 is 5.32 Å². The molecule has 0 saturated heterocycles. The summed E-state index contributed by atoms with van der Waals surface area (Å²) in [6.45, 7) is 1.88. The van der Waals surface area contributed by atoms with Gasteiger partial charge in [-0.05, 0) is 24.6 Å². The van der Waals surface area contributed by atoms with Crippen LogP contribution in [0.3, 0.4) is 0 Å². The normalized spacial score (nSPS) is 13.2. The van der Waals surface area contributed by atoms with Crippen LogP contribution >= 0.6 is 15.9 Å². The number of imidazole rings is 1. The van der Waals surface area contributed by atoms with Gasteiger partial charge in [-0.15, -0.1) is 0 Å². The highest BCUT2D eigenvalue weighted by Gasteiger charge is 2.34.